The summed E-state index contributed by atoms with van der Waals surface area (Å²) in [5.74, 6) is 0. The summed E-state index contributed by atoms with van der Waals surface area (Å²) in [7, 11) is 0. The van der Waals surface area contributed by atoms with E-state index >= 15 is 0 Å². The first-order valence-corrected chi connectivity index (χ1v) is 3.99. The van der Waals surface area contributed by atoms with Gasteiger partial charge in [0.05, 0.1) is 6.61 Å². The zero-order chi connectivity index (χ0) is 6.16. The van der Waals surface area contributed by atoms with E-state index in [4.69, 9.17) is 4.74 Å². The number of ether oxygens (including phenoxy) is 1. The lowest BCUT2D eigenvalue weighted by Gasteiger charge is -2.08. The van der Waals surface area contributed by atoms with Crippen LogP contribution in [0.2, 0.25) is 0 Å². The van der Waals surface area contributed by atoms with E-state index in [0.29, 0.717) is 5.41 Å². The highest BCUT2D eigenvalue weighted by Crippen LogP contribution is 2.50. The van der Waals surface area contributed by atoms with Crippen LogP contribution in [-0.4, -0.2) is 13.2 Å². The van der Waals surface area contributed by atoms with Gasteiger partial charge in [0.25, 0.3) is 0 Å². The third-order valence-electron chi connectivity index (χ3n) is 2.61. The van der Waals surface area contributed by atoms with E-state index in [1.54, 1.807) is 0 Å². The third-order valence-corrected chi connectivity index (χ3v) is 2.61. The van der Waals surface area contributed by atoms with E-state index < -0.39 is 0 Å². The summed E-state index contributed by atoms with van der Waals surface area (Å²) in [5, 5.41) is 0. The molecule has 1 saturated heterocycles. The molecule has 0 atom stereocenters. The Kier molecular flexibility index (Phi) is 1.26. The highest BCUT2D eigenvalue weighted by molar-refractivity contribution is 4.93. The van der Waals surface area contributed by atoms with Gasteiger partial charge in [-0.25, -0.2) is 0 Å². The highest BCUT2D eigenvalue weighted by atomic mass is 16.5. The average Bonchev–Trinajstić information content (AvgIpc) is 2.64. The molecule has 1 spiro atoms. The van der Waals surface area contributed by atoms with Crippen LogP contribution in [0, 0.1) is 5.41 Å². The normalized spacial score (nSPS) is 32.0. The molecule has 0 aromatic heterocycles. The molecule has 1 aliphatic carbocycles. The molecular weight excluding hydrogens is 112 g/mol. The Labute approximate surface area is 56.4 Å². The van der Waals surface area contributed by atoms with E-state index in [1.165, 1.54) is 32.1 Å². The van der Waals surface area contributed by atoms with E-state index in [9.17, 15) is 0 Å². The molecule has 0 unspecified atom stereocenters. The fourth-order valence-corrected chi connectivity index (χ4v) is 1.64. The van der Waals surface area contributed by atoms with Gasteiger partial charge in [0.15, 0.2) is 0 Å². The lowest BCUT2D eigenvalue weighted by atomic mass is 10.0. The molecule has 0 N–H and O–H groups in total. The first-order valence-electron chi connectivity index (χ1n) is 3.99. The summed E-state index contributed by atoms with van der Waals surface area (Å²) in [6, 6.07) is 0. The SMILES string of the molecule is C1CCC2(CC2)COC1. The van der Waals surface area contributed by atoms with Crippen molar-refractivity contribution in [3.8, 4) is 0 Å². The van der Waals surface area contributed by atoms with Gasteiger partial charge in [0.2, 0.25) is 0 Å². The van der Waals surface area contributed by atoms with Crippen molar-refractivity contribution in [2.45, 2.75) is 32.1 Å². The Balaban J connectivity index is 1.92. The second kappa shape index (κ2) is 1.98. The van der Waals surface area contributed by atoms with Crippen molar-refractivity contribution >= 4 is 0 Å². The molecule has 0 bridgehead atoms. The summed E-state index contributed by atoms with van der Waals surface area (Å²) in [6.45, 7) is 2.08. The van der Waals surface area contributed by atoms with Crippen LogP contribution >= 0.6 is 0 Å². The fraction of sp³-hybridized carbons (Fsp3) is 1.00. The van der Waals surface area contributed by atoms with Crippen molar-refractivity contribution in [1.82, 2.24) is 0 Å². The predicted octanol–water partition coefficient (Wildman–Crippen LogP) is 1.97. The van der Waals surface area contributed by atoms with Crippen LogP contribution < -0.4 is 0 Å². The summed E-state index contributed by atoms with van der Waals surface area (Å²) >= 11 is 0. The summed E-state index contributed by atoms with van der Waals surface area (Å²) in [5.41, 5.74) is 0.691. The molecule has 0 aromatic carbocycles. The van der Waals surface area contributed by atoms with Crippen LogP contribution in [0.25, 0.3) is 0 Å². The largest absolute Gasteiger partial charge is 0.381 e. The van der Waals surface area contributed by atoms with Crippen LogP contribution in [0.1, 0.15) is 32.1 Å². The monoisotopic (exact) mass is 126 g/mol. The van der Waals surface area contributed by atoms with Gasteiger partial charge >= 0.3 is 0 Å². The first-order chi connectivity index (χ1) is 4.41. The topological polar surface area (TPSA) is 9.23 Å². The summed E-state index contributed by atoms with van der Waals surface area (Å²) < 4.78 is 5.47. The molecule has 1 heteroatoms. The highest BCUT2D eigenvalue weighted by Gasteiger charge is 2.42. The van der Waals surface area contributed by atoms with E-state index in [1.807, 2.05) is 0 Å². The molecular formula is C8H14O. The van der Waals surface area contributed by atoms with Crippen LogP contribution in [0.3, 0.4) is 0 Å². The van der Waals surface area contributed by atoms with Crippen LogP contribution in [-0.2, 0) is 4.74 Å². The Morgan fingerprint density at radius 1 is 1.00 bits per heavy atom. The molecule has 0 radical (unpaired) electrons. The number of hydrogen-bond acceptors (Lipinski definition) is 1. The van der Waals surface area contributed by atoms with Crippen LogP contribution in [0.15, 0.2) is 0 Å². The van der Waals surface area contributed by atoms with Crippen LogP contribution in [0.5, 0.6) is 0 Å². The summed E-state index contributed by atoms with van der Waals surface area (Å²) in [4.78, 5) is 0. The minimum Gasteiger partial charge on any atom is -0.381 e. The quantitative estimate of drug-likeness (QED) is 0.482. The zero-order valence-corrected chi connectivity index (χ0v) is 5.86. The first kappa shape index (κ1) is 5.72. The lowest BCUT2D eigenvalue weighted by Crippen LogP contribution is -2.06. The van der Waals surface area contributed by atoms with Crippen LogP contribution in [0.4, 0.5) is 0 Å². The summed E-state index contributed by atoms with van der Waals surface area (Å²) in [6.07, 6.45) is 7.01. The molecule has 1 nitrogen and oxygen atoms in total. The van der Waals surface area contributed by atoms with E-state index in [2.05, 4.69) is 0 Å². The average molecular weight is 126 g/mol. The Morgan fingerprint density at radius 3 is 2.67 bits per heavy atom. The zero-order valence-electron chi connectivity index (χ0n) is 5.86. The Bertz CT molecular complexity index is 95.1. The smallest absolute Gasteiger partial charge is 0.0522 e. The van der Waals surface area contributed by atoms with Crippen molar-refractivity contribution in [1.29, 1.82) is 0 Å². The molecule has 0 aromatic rings. The second-order valence-electron chi connectivity index (χ2n) is 3.51. The van der Waals surface area contributed by atoms with Gasteiger partial charge in [-0.2, -0.15) is 0 Å². The van der Waals surface area contributed by atoms with Crippen molar-refractivity contribution in [3.05, 3.63) is 0 Å². The van der Waals surface area contributed by atoms with Gasteiger partial charge in [-0.05, 0) is 31.1 Å². The minimum absolute atomic E-state index is 0.691. The van der Waals surface area contributed by atoms with Crippen molar-refractivity contribution < 1.29 is 4.74 Å². The maximum absolute atomic E-state index is 5.47. The lowest BCUT2D eigenvalue weighted by molar-refractivity contribution is 0.107. The third kappa shape index (κ3) is 1.11. The van der Waals surface area contributed by atoms with Gasteiger partial charge < -0.3 is 4.74 Å². The molecule has 2 aliphatic rings. The Morgan fingerprint density at radius 2 is 1.89 bits per heavy atom. The van der Waals surface area contributed by atoms with Gasteiger partial charge in [0, 0.05) is 6.61 Å². The number of hydrogen-bond donors (Lipinski definition) is 0. The fourth-order valence-electron chi connectivity index (χ4n) is 1.64. The van der Waals surface area contributed by atoms with Crippen molar-refractivity contribution in [3.63, 3.8) is 0 Å². The minimum atomic E-state index is 0.691. The molecule has 1 aliphatic heterocycles. The maximum atomic E-state index is 5.47. The standard InChI is InChI=1S/C8H14O/c1-2-6-9-7-8(3-1)4-5-8/h1-7H2. The molecule has 1 heterocycles. The molecule has 2 fully saturated rings. The molecule has 9 heavy (non-hydrogen) atoms. The predicted molar refractivity (Wildman–Crippen MR) is 36.3 cm³/mol. The Hall–Kier alpha value is -0.0400. The molecule has 52 valence electrons. The molecule has 1 saturated carbocycles. The van der Waals surface area contributed by atoms with Gasteiger partial charge in [-0.1, -0.05) is 6.42 Å². The second-order valence-corrected chi connectivity index (χ2v) is 3.51. The molecule has 2 rings (SSSR count). The van der Waals surface area contributed by atoms with Crippen molar-refractivity contribution in [2.75, 3.05) is 13.2 Å². The number of rotatable bonds is 0. The van der Waals surface area contributed by atoms with Crippen molar-refractivity contribution in [2.24, 2.45) is 5.41 Å². The maximum Gasteiger partial charge on any atom is 0.0522 e. The van der Waals surface area contributed by atoms with E-state index in [0.717, 1.165) is 13.2 Å². The van der Waals surface area contributed by atoms with Gasteiger partial charge in [-0.15, -0.1) is 0 Å². The van der Waals surface area contributed by atoms with E-state index in [-0.39, 0.29) is 0 Å². The molecule has 0 amide bonds. The van der Waals surface area contributed by atoms with Gasteiger partial charge in [-0.3, -0.25) is 0 Å². The van der Waals surface area contributed by atoms with Gasteiger partial charge in [0.1, 0.15) is 0 Å².